The molecule has 2 amide bonds. The highest BCUT2D eigenvalue weighted by atomic mass is 19.2. The average Bonchev–Trinajstić information content (AvgIpc) is 2.61. The molecule has 0 aliphatic carbocycles. The Balaban J connectivity index is 2.05. The molecule has 0 saturated heterocycles. The van der Waals surface area contributed by atoms with Gasteiger partial charge in [-0.15, -0.1) is 0 Å². The van der Waals surface area contributed by atoms with Crippen LogP contribution in [0.1, 0.15) is 19.4 Å². The lowest BCUT2D eigenvalue weighted by atomic mass is 10.1. The van der Waals surface area contributed by atoms with Gasteiger partial charge in [-0.1, -0.05) is 6.07 Å². The standard InChI is InChI=1S/C19H20F2N2O4/c1-4-26-19(25)23-17-7-5-6-16(11(17)2)22-18(24)12(3)27-13-8-9-14(20)15(21)10-13/h5-10,12H,4H2,1-3H3,(H,22,24)(H,23,25). The van der Waals surface area contributed by atoms with Gasteiger partial charge in [0.2, 0.25) is 0 Å². The van der Waals surface area contributed by atoms with Crippen LogP contribution >= 0.6 is 0 Å². The predicted molar refractivity (Wildman–Crippen MR) is 96.9 cm³/mol. The van der Waals surface area contributed by atoms with Crippen molar-refractivity contribution in [2.45, 2.75) is 26.9 Å². The van der Waals surface area contributed by atoms with E-state index >= 15 is 0 Å². The largest absolute Gasteiger partial charge is 0.481 e. The van der Waals surface area contributed by atoms with Crippen molar-refractivity contribution in [2.24, 2.45) is 0 Å². The molecule has 144 valence electrons. The van der Waals surface area contributed by atoms with Gasteiger partial charge in [-0.3, -0.25) is 10.1 Å². The smallest absolute Gasteiger partial charge is 0.411 e. The van der Waals surface area contributed by atoms with E-state index in [2.05, 4.69) is 10.6 Å². The van der Waals surface area contributed by atoms with Gasteiger partial charge in [0, 0.05) is 17.4 Å². The molecule has 0 aliphatic heterocycles. The Morgan fingerprint density at radius 2 is 1.74 bits per heavy atom. The molecule has 2 N–H and O–H groups in total. The quantitative estimate of drug-likeness (QED) is 0.788. The van der Waals surface area contributed by atoms with Crippen molar-refractivity contribution in [3.8, 4) is 5.75 Å². The van der Waals surface area contributed by atoms with E-state index in [9.17, 15) is 18.4 Å². The number of hydrogen-bond acceptors (Lipinski definition) is 4. The Bertz CT molecular complexity index is 842. The van der Waals surface area contributed by atoms with Gasteiger partial charge >= 0.3 is 6.09 Å². The molecule has 0 fully saturated rings. The molecule has 2 aromatic carbocycles. The van der Waals surface area contributed by atoms with Crippen LogP contribution < -0.4 is 15.4 Å². The number of ether oxygens (including phenoxy) is 2. The Labute approximate surface area is 155 Å². The number of carbonyl (C=O) groups excluding carboxylic acids is 2. The van der Waals surface area contributed by atoms with Crippen molar-refractivity contribution in [2.75, 3.05) is 17.2 Å². The molecule has 2 rings (SSSR count). The van der Waals surface area contributed by atoms with Gasteiger partial charge < -0.3 is 14.8 Å². The highest BCUT2D eigenvalue weighted by Gasteiger charge is 2.17. The van der Waals surface area contributed by atoms with Crippen molar-refractivity contribution in [1.82, 2.24) is 0 Å². The van der Waals surface area contributed by atoms with Crippen LogP contribution in [0.4, 0.5) is 25.0 Å². The molecule has 0 spiro atoms. The second-order valence-electron chi connectivity index (χ2n) is 5.65. The van der Waals surface area contributed by atoms with E-state index in [1.165, 1.54) is 13.0 Å². The third-order valence-electron chi connectivity index (χ3n) is 3.68. The molecular formula is C19H20F2N2O4. The number of amides is 2. The maximum Gasteiger partial charge on any atom is 0.411 e. The topological polar surface area (TPSA) is 76.7 Å². The van der Waals surface area contributed by atoms with Crippen molar-refractivity contribution in [3.63, 3.8) is 0 Å². The van der Waals surface area contributed by atoms with Gasteiger partial charge in [-0.25, -0.2) is 13.6 Å². The van der Waals surface area contributed by atoms with Gasteiger partial charge in [0.1, 0.15) is 5.75 Å². The van der Waals surface area contributed by atoms with E-state index in [0.717, 1.165) is 12.1 Å². The third kappa shape index (κ3) is 5.40. The maximum atomic E-state index is 13.2. The second-order valence-corrected chi connectivity index (χ2v) is 5.65. The number of hydrogen-bond donors (Lipinski definition) is 2. The normalized spacial score (nSPS) is 11.4. The summed E-state index contributed by atoms with van der Waals surface area (Å²) in [6.07, 6.45) is -1.56. The summed E-state index contributed by atoms with van der Waals surface area (Å²) in [5.74, 6) is -2.52. The van der Waals surface area contributed by atoms with E-state index in [-0.39, 0.29) is 12.4 Å². The fourth-order valence-electron chi connectivity index (χ4n) is 2.23. The molecule has 0 heterocycles. The zero-order valence-corrected chi connectivity index (χ0v) is 15.1. The highest BCUT2D eigenvalue weighted by Crippen LogP contribution is 2.24. The van der Waals surface area contributed by atoms with Crippen LogP contribution in [0.25, 0.3) is 0 Å². The molecule has 0 aromatic heterocycles. The SMILES string of the molecule is CCOC(=O)Nc1cccc(NC(=O)C(C)Oc2ccc(F)c(F)c2)c1C. The zero-order valence-electron chi connectivity index (χ0n) is 15.1. The summed E-state index contributed by atoms with van der Waals surface area (Å²) in [5, 5.41) is 5.26. The van der Waals surface area contributed by atoms with E-state index in [4.69, 9.17) is 9.47 Å². The summed E-state index contributed by atoms with van der Waals surface area (Å²) in [7, 11) is 0. The summed E-state index contributed by atoms with van der Waals surface area (Å²) >= 11 is 0. The van der Waals surface area contributed by atoms with Gasteiger partial charge in [-0.05, 0) is 50.6 Å². The first-order valence-electron chi connectivity index (χ1n) is 8.27. The molecule has 0 aliphatic rings. The van der Waals surface area contributed by atoms with Crippen LogP contribution in [0.5, 0.6) is 5.75 Å². The fraction of sp³-hybridized carbons (Fsp3) is 0.263. The lowest BCUT2D eigenvalue weighted by Crippen LogP contribution is -2.30. The average molecular weight is 378 g/mol. The summed E-state index contributed by atoms with van der Waals surface area (Å²) in [6.45, 7) is 5.13. The lowest BCUT2D eigenvalue weighted by molar-refractivity contribution is -0.122. The second kappa shape index (κ2) is 8.98. The van der Waals surface area contributed by atoms with Crippen molar-refractivity contribution in [3.05, 3.63) is 53.6 Å². The first-order valence-corrected chi connectivity index (χ1v) is 8.27. The number of benzene rings is 2. The van der Waals surface area contributed by atoms with E-state index in [1.807, 2.05) is 0 Å². The van der Waals surface area contributed by atoms with Gasteiger partial charge in [0.25, 0.3) is 5.91 Å². The summed E-state index contributed by atoms with van der Waals surface area (Å²) < 4.78 is 36.4. The Morgan fingerprint density at radius 1 is 1.07 bits per heavy atom. The van der Waals surface area contributed by atoms with E-state index < -0.39 is 29.7 Å². The van der Waals surface area contributed by atoms with Crippen LogP contribution in [-0.4, -0.2) is 24.7 Å². The van der Waals surface area contributed by atoms with E-state index in [1.54, 1.807) is 32.0 Å². The summed E-state index contributed by atoms with van der Waals surface area (Å²) in [6, 6.07) is 8.01. The molecule has 6 nitrogen and oxygen atoms in total. The van der Waals surface area contributed by atoms with Gasteiger partial charge in [-0.2, -0.15) is 0 Å². The first-order chi connectivity index (χ1) is 12.8. The number of halogens is 2. The number of rotatable bonds is 6. The van der Waals surface area contributed by atoms with Gasteiger partial charge in [0.15, 0.2) is 17.7 Å². The van der Waals surface area contributed by atoms with Crippen molar-refractivity contribution < 1.29 is 27.8 Å². The molecule has 0 bridgehead atoms. The fourth-order valence-corrected chi connectivity index (χ4v) is 2.23. The first kappa shape index (κ1) is 20.2. The van der Waals surface area contributed by atoms with Gasteiger partial charge in [0.05, 0.1) is 6.61 Å². The molecule has 8 heteroatoms. The van der Waals surface area contributed by atoms with Crippen LogP contribution in [0.15, 0.2) is 36.4 Å². The van der Waals surface area contributed by atoms with Crippen LogP contribution in [0.2, 0.25) is 0 Å². The minimum absolute atomic E-state index is 0.0333. The Hall–Kier alpha value is -3.16. The number of anilines is 2. The molecule has 2 aromatic rings. The summed E-state index contributed by atoms with van der Waals surface area (Å²) in [5.41, 5.74) is 1.58. The summed E-state index contributed by atoms with van der Waals surface area (Å²) in [4.78, 5) is 23.9. The Morgan fingerprint density at radius 3 is 2.37 bits per heavy atom. The van der Waals surface area contributed by atoms with Crippen LogP contribution in [-0.2, 0) is 9.53 Å². The minimum Gasteiger partial charge on any atom is -0.481 e. The maximum absolute atomic E-state index is 13.2. The monoisotopic (exact) mass is 378 g/mol. The predicted octanol–water partition coefficient (Wildman–Crippen LogP) is 4.25. The highest BCUT2D eigenvalue weighted by molar-refractivity contribution is 5.96. The van der Waals surface area contributed by atoms with Crippen molar-refractivity contribution in [1.29, 1.82) is 0 Å². The molecule has 1 unspecified atom stereocenters. The number of nitrogens with one attached hydrogen (secondary N) is 2. The number of carbonyl (C=O) groups is 2. The molecule has 0 radical (unpaired) electrons. The molecule has 1 atom stereocenters. The zero-order chi connectivity index (χ0) is 20.0. The van der Waals surface area contributed by atoms with Crippen molar-refractivity contribution >= 4 is 23.4 Å². The molecule has 27 heavy (non-hydrogen) atoms. The third-order valence-corrected chi connectivity index (χ3v) is 3.68. The van der Waals surface area contributed by atoms with Crippen LogP contribution in [0.3, 0.4) is 0 Å². The van der Waals surface area contributed by atoms with Crippen LogP contribution in [0, 0.1) is 18.6 Å². The van der Waals surface area contributed by atoms with E-state index in [0.29, 0.717) is 16.9 Å². The minimum atomic E-state index is -1.06. The lowest BCUT2D eigenvalue weighted by Gasteiger charge is -2.17. The Kier molecular flexibility index (Phi) is 6.70. The molecule has 0 saturated carbocycles. The molecular weight excluding hydrogens is 358 g/mol.